The van der Waals surface area contributed by atoms with Gasteiger partial charge in [-0.1, -0.05) is 12.1 Å². The lowest BCUT2D eigenvalue weighted by molar-refractivity contribution is 0.948. The predicted molar refractivity (Wildman–Crippen MR) is 74.9 cm³/mol. The summed E-state index contributed by atoms with van der Waals surface area (Å²) < 4.78 is 4.04. The number of aromatic nitrogens is 4. The molecule has 4 heteroatoms. The number of rotatable bonds is 1. The first-order valence-electron chi connectivity index (χ1n) is 6.16. The van der Waals surface area contributed by atoms with Crippen molar-refractivity contribution in [2.45, 2.75) is 0 Å². The second kappa shape index (κ2) is 3.68. The zero-order valence-corrected chi connectivity index (χ0v) is 10.5. The van der Waals surface area contributed by atoms with Crippen molar-refractivity contribution in [3.63, 3.8) is 0 Å². The third kappa shape index (κ3) is 1.53. The van der Waals surface area contributed by atoms with Crippen LogP contribution in [0.25, 0.3) is 27.9 Å². The number of benzene rings is 1. The summed E-state index contributed by atoms with van der Waals surface area (Å²) in [4.78, 5) is 9.01. The molecule has 0 fully saturated rings. The Morgan fingerprint density at radius 1 is 1.11 bits per heavy atom. The SMILES string of the molecule is Cn1cnc2cc(-c3cn4ccccc4n3)ccc21. The average molecular weight is 248 g/mol. The van der Waals surface area contributed by atoms with Gasteiger partial charge >= 0.3 is 0 Å². The standard InChI is InChI=1S/C15H12N4/c1-18-10-16-12-8-11(5-6-14(12)18)13-9-19-7-3-2-4-15(19)17-13/h2-10H,1H3. The Morgan fingerprint density at radius 2 is 2.05 bits per heavy atom. The molecule has 19 heavy (non-hydrogen) atoms. The summed E-state index contributed by atoms with van der Waals surface area (Å²) in [7, 11) is 2.00. The summed E-state index contributed by atoms with van der Waals surface area (Å²) in [6.45, 7) is 0. The number of aryl methyl sites for hydroxylation is 1. The van der Waals surface area contributed by atoms with E-state index in [1.54, 1.807) is 0 Å². The maximum absolute atomic E-state index is 4.62. The Hall–Kier alpha value is -2.62. The Morgan fingerprint density at radius 3 is 2.95 bits per heavy atom. The van der Waals surface area contributed by atoms with Crippen LogP contribution in [0, 0.1) is 0 Å². The third-order valence-electron chi connectivity index (χ3n) is 3.39. The fourth-order valence-electron chi connectivity index (χ4n) is 2.37. The van der Waals surface area contributed by atoms with Gasteiger partial charge in [-0.3, -0.25) is 0 Å². The van der Waals surface area contributed by atoms with Crippen LogP contribution < -0.4 is 0 Å². The van der Waals surface area contributed by atoms with Gasteiger partial charge in [0.15, 0.2) is 0 Å². The molecule has 4 aromatic rings. The molecular formula is C15H12N4. The summed E-state index contributed by atoms with van der Waals surface area (Å²) in [6.07, 6.45) is 5.88. The van der Waals surface area contributed by atoms with E-state index in [0.717, 1.165) is 27.9 Å². The fourth-order valence-corrected chi connectivity index (χ4v) is 2.37. The number of imidazole rings is 2. The van der Waals surface area contributed by atoms with Gasteiger partial charge in [0.1, 0.15) is 5.65 Å². The first kappa shape index (κ1) is 10.3. The van der Waals surface area contributed by atoms with Gasteiger partial charge in [-0.05, 0) is 24.3 Å². The van der Waals surface area contributed by atoms with E-state index in [1.807, 2.05) is 52.9 Å². The zero-order chi connectivity index (χ0) is 12.8. The fraction of sp³-hybridized carbons (Fsp3) is 0.0667. The van der Waals surface area contributed by atoms with Gasteiger partial charge in [0.2, 0.25) is 0 Å². The highest BCUT2D eigenvalue weighted by molar-refractivity contribution is 5.81. The molecule has 0 unspecified atom stereocenters. The number of hydrogen-bond donors (Lipinski definition) is 0. The second-order valence-electron chi connectivity index (χ2n) is 4.65. The Bertz CT molecular complexity index is 852. The smallest absolute Gasteiger partial charge is 0.137 e. The van der Waals surface area contributed by atoms with Crippen molar-refractivity contribution in [2.75, 3.05) is 0 Å². The Kier molecular flexibility index (Phi) is 2.00. The van der Waals surface area contributed by atoms with Crippen LogP contribution in [0.5, 0.6) is 0 Å². The molecule has 0 saturated heterocycles. The van der Waals surface area contributed by atoms with Crippen molar-refractivity contribution in [1.29, 1.82) is 0 Å². The van der Waals surface area contributed by atoms with Crippen molar-refractivity contribution < 1.29 is 0 Å². The molecule has 0 aliphatic rings. The van der Waals surface area contributed by atoms with Crippen molar-refractivity contribution >= 4 is 16.7 Å². The number of nitrogens with zero attached hydrogens (tertiary/aromatic N) is 4. The van der Waals surface area contributed by atoms with Crippen LogP contribution >= 0.6 is 0 Å². The van der Waals surface area contributed by atoms with Gasteiger partial charge in [-0.25, -0.2) is 9.97 Å². The number of fused-ring (bicyclic) bond motifs is 2. The first-order chi connectivity index (χ1) is 9.31. The molecule has 3 aromatic heterocycles. The van der Waals surface area contributed by atoms with E-state index in [1.165, 1.54) is 0 Å². The van der Waals surface area contributed by atoms with Crippen molar-refractivity contribution in [1.82, 2.24) is 18.9 Å². The maximum Gasteiger partial charge on any atom is 0.137 e. The summed E-state index contributed by atoms with van der Waals surface area (Å²) in [5.74, 6) is 0. The molecule has 0 N–H and O–H groups in total. The first-order valence-corrected chi connectivity index (χ1v) is 6.16. The molecule has 0 saturated carbocycles. The normalized spacial score (nSPS) is 11.4. The molecule has 3 heterocycles. The lowest BCUT2D eigenvalue weighted by atomic mass is 10.1. The van der Waals surface area contributed by atoms with Gasteiger partial charge < -0.3 is 8.97 Å². The highest BCUT2D eigenvalue weighted by Gasteiger charge is 2.06. The molecule has 4 rings (SSSR count). The summed E-state index contributed by atoms with van der Waals surface area (Å²) in [6, 6.07) is 12.3. The van der Waals surface area contributed by atoms with Crippen LogP contribution in [0.2, 0.25) is 0 Å². The van der Waals surface area contributed by atoms with Crippen LogP contribution in [-0.4, -0.2) is 18.9 Å². The van der Waals surface area contributed by atoms with Gasteiger partial charge in [0, 0.05) is 25.0 Å². The quantitative estimate of drug-likeness (QED) is 0.519. The average Bonchev–Trinajstić information content (AvgIpc) is 3.02. The largest absolute Gasteiger partial charge is 0.334 e. The third-order valence-corrected chi connectivity index (χ3v) is 3.39. The van der Waals surface area contributed by atoms with Gasteiger partial charge in [-0.2, -0.15) is 0 Å². The Labute approximate surface area is 110 Å². The van der Waals surface area contributed by atoms with Crippen LogP contribution in [0.1, 0.15) is 0 Å². The summed E-state index contributed by atoms with van der Waals surface area (Å²) >= 11 is 0. The highest BCUT2D eigenvalue weighted by atomic mass is 15.0. The van der Waals surface area contributed by atoms with E-state index < -0.39 is 0 Å². The zero-order valence-electron chi connectivity index (χ0n) is 10.5. The van der Waals surface area contributed by atoms with Crippen LogP contribution in [0.4, 0.5) is 0 Å². The molecular weight excluding hydrogens is 236 g/mol. The van der Waals surface area contributed by atoms with Crippen LogP contribution in [0.3, 0.4) is 0 Å². The minimum Gasteiger partial charge on any atom is -0.334 e. The number of pyridine rings is 1. The van der Waals surface area contributed by atoms with Crippen molar-refractivity contribution in [3.05, 3.63) is 55.1 Å². The van der Waals surface area contributed by atoms with E-state index in [2.05, 4.69) is 28.2 Å². The minimum atomic E-state index is 0.957. The molecule has 0 aliphatic carbocycles. The molecule has 4 nitrogen and oxygen atoms in total. The van der Waals surface area contributed by atoms with Gasteiger partial charge in [0.05, 0.1) is 23.1 Å². The van der Waals surface area contributed by atoms with Gasteiger partial charge in [-0.15, -0.1) is 0 Å². The lowest BCUT2D eigenvalue weighted by Gasteiger charge is -1.97. The second-order valence-corrected chi connectivity index (χ2v) is 4.65. The highest BCUT2D eigenvalue weighted by Crippen LogP contribution is 2.23. The molecule has 0 spiro atoms. The van der Waals surface area contributed by atoms with E-state index in [-0.39, 0.29) is 0 Å². The van der Waals surface area contributed by atoms with Crippen molar-refractivity contribution in [2.24, 2.45) is 7.05 Å². The lowest BCUT2D eigenvalue weighted by Crippen LogP contribution is -1.83. The summed E-state index contributed by atoms with van der Waals surface area (Å²) in [5, 5.41) is 0. The molecule has 0 amide bonds. The number of hydrogen-bond acceptors (Lipinski definition) is 2. The van der Waals surface area contributed by atoms with E-state index in [0.29, 0.717) is 0 Å². The van der Waals surface area contributed by atoms with E-state index in [9.17, 15) is 0 Å². The van der Waals surface area contributed by atoms with Crippen LogP contribution in [0.15, 0.2) is 55.1 Å². The van der Waals surface area contributed by atoms with Crippen LogP contribution in [-0.2, 0) is 7.05 Å². The molecule has 0 aliphatic heterocycles. The molecule has 0 atom stereocenters. The summed E-state index contributed by atoms with van der Waals surface area (Å²) in [5.41, 5.74) is 5.15. The molecule has 0 bridgehead atoms. The Balaban J connectivity index is 1.93. The van der Waals surface area contributed by atoms with Gasteiger partial charge in [0.25, 0.3) is 0 Å². The molecule has 0 radical (unpaired) electrons. The van der Waals surface area contributed by atoms with Crippen molar-refractivity contribution in [3.8, 4) is 11.3 Å². The predicted octanol–water partition coefficient (Wildman–Crippen LogP) is 2.89. The molecule has 92 valence electrons. The maximum atomic E-state index is 4.62. The molecule has 1 aromatic carbocycles. The monoisotopic (exact) mass is 248 g/mol. The van der Waals surface area contributed by atoms with E-state index >= 15 is 0 Å². The van der Waals surface area contributed by atoms with E-state index in [4.69, 9.17) is 0 Å². The minimum absolute atomic E-state index is 0.957. The topological polar surface area (TPSA) is 35.1 Å².